The molecule has 2 aromatic carbocycles. The fourth-order valence-electron chi connectivity index (χ4n) is 2.36. The molecule has 0 heterocycles. The number of ketones is 2. The summed E-state index contributed by atoms with van der Waals surface area (Å²) in [7, 11) is 3.04. The SMILES string of the molecule is COc1ccc2c(c1)C(=O)c1cc(OC)ccc1C2=O. The Labute approximate surface area is 115 Å². The van der Waals surface area contributed by atoms with Crippen molar-refractivity contribution in [1.82, 2.24) is 0 Å². The van der Waals surface area contributed by atoms with Crippen LogP contribution in [0.15, 0.2) is 36.4 Å². The molecule has 0 saturated carbocycles. The summed E-state index contributed by atoms with van der Waals surface area (Å²) in [5.74, 6) is 0.764. The molecule has 0 radical (unpaired) electrons. The van der Waals surface area contributed by atoms with Gasteiger partial charge < -0.3 is 9.47 Å². The van der Waals surface area contributed by atoms with Crippen molar-refractivity contribution in [3.63, 3.8) is 0 Å². The van der Waals surface area contributed by atoms with Gasteiger partial charge in [0.1, 0.15) is 11.5 Å². The Morgan fingerprint density at radius 3 is 1.45 bits per heavy atom. The molecule has 0 atom stereocenters. The molecule has 0 amide bonds. The fourth-order valence-corrected chi connectivity index (χ4v) is 2.36. The quantitative estimate of drug-likeness (QED) is 0.716. The summed E-state index contributed by atoms with van der Waals surface area (Å²) in [4.78, 5) is 24.9. The van der Waals surface area contributed by atoms with Gasteiger partial charge in [0, 0.05) is 22.3 Å². The number of benzene rings is 2. The van der Waals surface area contributed by atoms with Crippen molar-refractivity contribution in [3.8, 4) is 11.5 Å². The van der Waals surface area contributed by atoms with Crippen LogP contribution in [0, 0.1) is 0 Å². The zero-order valence-electron chi connectivity index (χ0n) is 11.1. The van der Waals surface area contributed by atoms with Crippen molar-refractivity contribution >= 4 is 11.6 Å². The van der Waals surface area contributed by atoms with E-state index in [0.717, 1.165) is 0 Å². The summed E-state index contributed by atoms with van der Waals surface area (Å²) in [5.41, 5.74) is 1.56. The molecule has 1 aliphatic carbocycles. The summed E-state index contributed by atoms with van der Waals surface area (Å²) in [6.07, 6.45) is 0. The largest absolute Gasteiger partial charge is 0.497 e. The minimum Gasteiger partial charge on any atom is -0.497 e. The second-order valence-corrected chi connectivity index (χ2v) is 4.48. The summed E-state index contributed by atoms with van der Waals surface area (Å²) < 4.78 is 10.2. The lowest BCUT2D eigenvalue weighted by Crippen LogP contribution is -2.20. The highest BCUT2D eigenvalue weighted by Gasteiger charge is 2.30. The highest BCUT2D eigenvalue weighted by molar-refractivity contribution is 6.28. The molecule has 2 aromatic rings. The van der Waals surface area contributed by atoms with E-state index in [1.54, 1.807) is 36.4 Å². The first-order valence-electron chi connectivity index (χ1n) is 6.11. The monoisotopic (exact) mass is 268 g/mol. The Balaban J connectivity index is 2.22. The van der Waals surface area contributed by atoms with Crippen molar-refractivity contribution in [3.05, 3.63) is 58.7 Å². The first kappa shape index (κ1) is 12.4. The van der Waals surface area contributed by atoms with E-state index in [0.29, 0.717) is 33.8 Å². The lowest BCUT2D eigenvalue weighted by atomic mass is 9.84. The van der Waals surface area contributed by atoms with Crippen molar-refractivity contribution in [1.29, 1.82) is 0 Å². The van der Waals surface area contributed by atoms with Crippen LogP contribution >= 0.6 is 0 Å². The van der Waals surface area contributed by atoms with E-state index in [9.17, 15) is 9.59 Å². The molecule has 0 N–H and O–H groups in total. The van der Waals surface area contributed by atoms with Gasteiger partial charge >= 0.3 is 0 Å². The maximum absolute atomic E-state index is 12.5. The van der Waals surface area contributed by atoms with Crippen LogP contribution < -0.4 is 9.47 Å². The van der Waals surface area contributed by atoms with Crippen LogP contribution in [-0.2, 0) is 0 Å². The molecular formula is C16H12O4. The third kappa shape index (κ3) is 1.69. The summed E-state index contributed by atoms with van der Waals surface area (Å²) in [6.45, 7) is 0. The first-order chi connectivity index (χ1) is 9.65. The predicted octanol–water partition coefficient (Wildman–Crippen LogP) is 2.48. The molecule has 100 valence electrons. The van der Waals surface area contributed by atoms with Crippen molar-refractivity contribution in [2.24, 2.45) is 0 Å². The number of methoxy groups -OCH3 is 2. The van der Waals surface area contributed by atoms with Crippen LogP contribution in [0.2, 0.25) is 0 Å². The van der Waals surface area contributed by atoms with E-state index in [4.69, 9.17) is 9.47 Å². The van der Waals surface area contributed by atoms with Crippen LogP contribution in [0.1, 0.15) is 31.8 Å². The van der Waals surface area contributed by atoms with Crippen LogP contribution in [0.4, 0.5) is 0 Å². The molecule has 0 saturated heterocycles. The molecule has 4 heteroatoms. The molecule has 4 nitrogen and oxygen atoms in total. The van der Waals surface area contributed by atoms with E-state index in [1.807, 2.05) is 0 Å². The fraction of sp³-hybridized carbons (Fsp3) is 0.125. The second kappa shape index (κ2) is 4.49. The molecule has 0 aromatic heterocycles. The minimum atomic E-state index is -0.188. The van der Waals surface area contributed by atoms with Crippen molar-refractivity contribution in [2.45, 2.75) is 0 Å². The zero-order chi connectivity index (χ0) is 14.3. The highest BCUT2D eigenvalue weighted by atomic mass is 16.5. The van der Waals surface area contributed by atoms with Crippen molar-refractivity contribution < 1.29 is 19.1 Å². The van der Waals surface area contributed by atoms with Gasteiger partial charge in [-0.2, -0.15) is 0 Å². The Morgan fingerprint density at radius 1 is 0.650 bits per heavy atom. The minimum absolute atomic E-state index is 0.153. The van der Waals surface area contributed by atoms with Gasteiger partial charge in [-0.3, -0.25) is 9.59 Å². The third-order valence-corrected chi connectivity index (χ3v) is 3.43. The number of rotatable bonds is 2. The number of fused-ring (bicyclic) bond motifs is 2. The number of carbonyl (C=O) groups excluding carboxylic acids is 2. The smallest absolute Gasteiger partial charge is 0.194 e. The van der Waals surface area contributed by atoms with E-state index < -0.39 is 0 Å². The molecule has 3 rings (SSSR count). The van der Waals surface area contributed by atoms with E-state index in [2.05, 4.69) is 0 Å². The highest BCUT2D eigenvalue weighted by Crippen LogP contribution is 2.31. The van der Waals surface area contributed by atoms with Gasteiger partial charge in [0.2, 0.25) is 0 Å². The zero-order valence-corrected chi connectivity index (χ0v) is 11.1. The van der Waals surface area contributed by atoms with E-state index in [1.165, 1.54) is 14.2 Å². The van der Waals surface area contributed by atoms with Crippen molar-refractivity contribution in [2.75, 3.05) is 14.2 Å². The Kier molecular flexibility index (Phi) is 2.79. The van der Waals surface area contributed by atoms with E-state index in [-0.39, 0.29) is 11.6 Å². The molecule has 0 unspecified atom stereocenters. The lowest BCUT2D eigenvalue weighted by molar-refractivity contribution is 0.0978. The van der Waals surface area contributed by atoms with Gasteiger partial charge in [-0.05, 0) is 36.4 Å². The maximum Gasteiger partial charge on any atom is 0.194 e. The van der Waals surface area contributed by atoms with Crippen LogP contribution in [0.25, 0.3) is 0 Å². The molecular weight excluding hydrogens is 256 g/mol. The topological polar surface area (TPSA) is 52.6 Å². The Morgan fingerprint density at radius 2 is 1.05 bits per heavy atom. The molecule has 0 aliphatic heterocycles. The van der Waals surface area contributed by atoms with Crippen LogP contribution in [-0.4, -0.2) is 25.8 Å². The first-order valence-corrected chi connectivity index (χ1v) is 6.11. The summed E-state index contributed by atoms with van der Waals surface area (Å²) in [5, 5.41) is 0. The van der Waals surface area contributed by atoms with Gasteiger partial charge in [-0.15, -0.1) is 0 Å². The molecule has 20 heavy (non-hydrogen) atoms. The average Bonchev–Trinajstić information content (AvgIpc) is 2.51. The lowest BCUT2D eigenvalue weighted by Gasteiger charge is -2.18. The molecule has 0 spiro atoms. The molecule has 0 fully saturated rings. The number of ether oxygens (including phenoxy) is 2. The van der Waals surface area contributed by atoms with Gasteiger partial charge in [0.25, 0.3) is 0 Å². The van der Waals surface area contributed by atoms with Crippen LogP contribution in [0.3, 0.4) is 0 Å². The number of hydrogen-bond acceptors (Lipinski definition) is 4. The van der Waals surface area contributed by atoms with Gasteiger partial charge in [0.05, 0.1) is 14.2 Å². The molecule has 1 aliphatic rings. The standard InChI is InChI=1S/C16H12O4/c1-19-9-3-5-11-13(7-9)16(18)14-8-10(20-2)4-6-12(14)15(11)17/h3-8H,1-2H3. The van der Waals surface area contributed by atoms with Gasteiger partial charge in [-0.1, -0.05) is 0 Å². The van der Waals surface area contributed by atoms with Gasteiger partial charge in [0.15, 0.2) is 11.6 Å². The number of carbonyl (C=O) groups is 2. The molecule has 0 bridgehead atoms. The summed E-state index contributed by atoms with van der Waals surface area (Å²) in [6, 6.07) is 9.80. The normalized spacial score (nSPS) is 12.7. The van der Waals surface area contributed by atoms with Crippen LogP contribution in [0.5, 0.6) is 11.5 Å². The average molecular weight is 268 g/mol. The predicted molar refractivity (Wildman–Crippen MR) is 72.9 cm³/mol. The Bertz CT molecular complexity index is 672. The Hall–Kier alpha value is -2.62. The summed E-state index contributed by atoms with van der Waals surface area (Å²) >= 11 is 0. The third-order valence-electron chi connectivity index (χ3n) is 3.43. The van der Waals surface area contributed by atoms with E-state index >= 15 is 0 Å². The van der Waals surface area contributed by atoms with Gasteiger partial charge in [-0.25, -0.2) is 0 Å². The second-order valence-electron chi connectivity index (χ2n) is 4.48. The number of hydrogen-bond donors (Lipinski definition) is 0. The maximum atomic E-state index is 12.5.